The first-order valence-electron chi connectivity index (χ1n) is 11.9. The van der Waals surface area contributed by atoms with Gasteiger partial charge in [-0.3, -0.25) is 10.1 Å². The van der Waals surface area contributed by atoms with Crippen molar-refractivity contribution in [2.75, 3.05) is 17.2 Å². The van der Waals surface area contributed by atoms with Crippen LogP contribution in [0.5, 0.6) is 5.75 Å². The lowest BCUT2D eigenvalue weighted by molar-refractivity contribution is 0.0730. The third-order valence-corrected chi connectivity index (χ3v) is 6.35. The van der Waals surface area contributed by atoms with Crippen molar-refractivity contribution in [2.45, 2.75) is 38.6 Å². The number of rotatable bonds is 9. The zero-order valence-electron chi connectivity index (χ0n) is 20.3. The number of hydrogen-bond acceptors (Lipinski definition) is 6. The summed E-state index contributed by atoms with van der Waals surface area (Å²) in [6.07, 6.45) is 2.12. The molecule has 0 spiro atoms. The predicted octanol–water partition coefficient (Wildman–Crippen LogP) is 5.90. The zero-order valence-corrected chi connectivity index (χ0v) is 21.9. The van der Waals surface area contributed by atoms with Crippen LogP contribution in [0.4, 0.5) is 20.7 Å². The second kappa shape index (κ2) is 11.5. The summed E-state index contributed by atoms with van der Waals surface area (Å²) in [7, 11) is 0. The van der Waals surface area contributed by atoms with E-state index in [0.29, 0.717) is 18.8 Å². The molecule has 37 heavy (non-hydrogen) atoms. The summed E-state index contributed by atoms with van der Waals surface area (Å²) in [6, 6.07) is 11.7. The van der Waals surface area contributed by atoms with Gasteiger partial charge in [-0.05, 0) is 71.7 Å². The minimum Gasteiger partial charge on any atom is -0.422 e. The van der Waals surface area contributed by atoms with E-state index in [1.54, 1.807) is 43.5 Å². The van der Waals surface area contributed by atoms with Crippen molar-refractivity contribution in [2.24, 2.45) is 0 Å². The number of urea groups is 1. The van der Waals surface area contributed by atoms with E-state index in [1.165, 1.54) is 12.1 Å². The Bertz CT molecular complexity index is 1330. The Morgan fingerprint density at radius 2 is 1.95 bits per heavy atom. The van der Waals surface area contributed by atoms with Crippen LogP contribution in [-0.4, -0.2) is 35.4 Å². The summed E-state index contributed by atoms with van der Waals surface area (Å²) in [4.78, 5) is 42.3. The number of ketones is 1. The molecule has 1 aliphatic carbocycles. The van der Waals surface area contributed by atoms with E-state index >= 15 is 4.39 Å². The van der Waals surface area contributed by atoms with E-state index in [4.69, 9.17) is 4.74 Å². The Labute approximate surface area is 222 Å². The highest BCUT2D eigenvalue weighted by Crippen LogP contribution is 2.47. The molecule has 3 aromatic rings. The topological polar surface area (TPSA) is 109 Å². The van der Waals surface area contributed by atoms with Crippen molar-refractivity contribution in [1.82, 2.24) is 10.3 Å². The number of halogens is 2. The number of benzene rings is 2. The molecule has 3 N–H and O–H groups in total. The fourth-order valence-corrected chi connectivity index (χ4v) is 4.23. The Balaban J connectivity index is 1.57. The molecule has 2 amide bonds. The van der Waals surface area contributed by atoms with E-state index in [0.717, 1.165) is 10.2 Å². The van der Waals surface area contributed by atoms with Gasteiger partial charge in [0, 0.05) is 46.8 Å². The minimum atomic E-state index is -0.707. The summed E-state index contributed by atoms with van der Waals surface area (Å²) >= 11 is 3.28. The van der Waals surface area contributed by atoms with Gasteiger partial charge in [0.25, 0.3) is 0 Å². The molecule has 1 fully saturated rings. The van der Waals surface area contributed by atoms with Crippen molar-refractivity contribution in [3.63, 3.8) is 0 Å². The number of esters is 1. The van der Waals surface area contributed by atoms with Gasteiger partial charge in [0.1, 0.15) is 17.4 Å². The summed E-state index contributed by atoms with van der Waals surface area (Å²) in [5, 5.41) is 8.54. The number of hydrogen-bond donors (Lipinski definition) is 3. The first-order valence-corrected chi connectivity index (χ1v) is 12.7. The number of pyridine rings is 1. The van der Waals surface area contributed by atoms with Gasteiger partial charge < -0.3 is 15.4 Å². The number of amides is 2. The quantitative estimate of drug-likeness (QED) is 0.168. The lowest BCUT2D eigenvalue weighted by Crippen LogP contribution is -2.31. The maximum atomic E-state index is 15.1. The average Bonchev–Trinajstić information content (AvgIpc) is 3.63. The lowest BCUT2D eigenvalue weighted by Gasteiger charge is -2.16. The molecular weight excluding hydrogens is 543 g/mol. The second-order valence-corrected chi connectivity index (χ2v) is 9.44. The molecule has 1 aliphatic rings. The number of nitrogens with one attached hydrogen (secondary N) is 3. The number of nitrogens with zero attached hydrogens (tertiary/aromatic N) is 1. The normalized spacial score (nSPS) is 16.0. The first kappa shape index (κ1) is 26.3. The number of ether oxygens (including phenoxy) is 1. The highest BCUT2D eigenvalue weighted by Gasteiger charge is 2.44. The van der Waals surface area contributed by atoms with Gasteiger partial charge in [-0.25, -0.2) is 19.0 Å². The molecule has 0 unspecified atom stereocenters. The van der Waals surface area contributed by atoms with Crippen LogP contribution >= 0.6 is 15.9 Å². The standard InChI is InChI=1S/C27H26BrFN4O4/c1-3-22(34)18-9-10-20(29)24(25(18)37-26(35)15-6-5-7-17(12-15)30-4-2)19-13-21(19)32-27(36)33-23-11-8-16(28)14-31-23/h5-12,14,19,21,30H,3-4,13H2,1-2H3,(H2,31,32,33,36)/t19-,21+/m1/s1. The summed E-state index contributed by atoms with van der Waals surface area (Å²) in [5.41, 5.74) is 1.22. The highest BCUT2D eigenvalue weighted by atomic mass is 79.9. The van der Waals surface area contributed by atoms with Crippen LogP contribution in [0.2, 0.25) is 0 Å². The second-order valence-electron chi connectivity index (χ2n) is 8.52. The molecule has 1 heterocycles. The molecule has 0 bridgehead atoms. The van der Waals surface area contributed by atoms with Gasteiger partial charge in [0.2, 0.25) is 0 Å². The largest absolute Gasteiger partial charge is 0.422 e. The van der Waals surface area contributed by atoms with Crippen LogP contribution in [-0.2, 0) is 0 Å². The summed E-state index contributed by atoms with van der Waals surface area (Å²) < 4.78 is 21.6. The number of carbonyl (C=O) groups excluding carboxylic acids is 3. The Morgan fingerprint density at radius 1 is 1.14 bits per heavy atom. The highest BCUT2D eigenvalue weighted by molar-refractivity contribution is 9.10. The third kappa shape index (κ3) is 6.32. The Kier molecular flexibility index (Phi) is 8.17. The van der Waals surface area contributed by atoms with Gasteiger partial charge >= 0.3 is 12.0 Å². The summed E-state index contributed by atoms with van der Waals surface area (Å²) in [6.45, 7) is 4.28. The smallest absolute Gasteiger partial charge is 0.343 e. The fraction of sp³-hybridized carbons (Fsp3) is 0.259. The minimum absolute atomic E-state index is 0.0996. The van der Waals surface area contributed by atoms with Crippen molar-refractivity contribution in [3.05, 3.63) is 81.7 Å². The van der Waals surface area contributed by atoms with Crippen molar-refractivity contribution >= 4 is 45.2 Å². The maximum absolute atomic E-state index is 15.1. The molecule has 192 valence electrons. The molecular formula is C27H26BrFN4O4. The third-order valence-electron chi connectivity index (χ3n) is 5.89. The number of carbonyl (C=O) groups is 3. The van der Waals surface area contributed by atoms with E-state index in [9.17, 15) is 14.4 Å². The number of Topliss-reactive ketones (excluding diaryl/α,β-unsaturated/α-hetero) is 1. The first-order chi connectivity index (χ1) is 17.8. The molecule has 0 radical (unpaired) electrons. The average molecular weight is 569 g/mol. The molecule has 10 heteroatoms. The zero-order chi connectivity index (χ0) is 26.5. The van der Waals surface area contributed by atoms with Crippen molar-refractivity contribution in [3.8, 4) is 5.75 Å². The molecule has 8 nitrogen and oxygen atoms in total. The van der Waals surface area contributed by atoms with E-state index in [-0.39, 0.29) is 34.6 Å². The Morgan fingerprint density at radius 3 is 2.65 bits per heavy atom. The summed E-state index contributed by atoms with van der Waals surface area (Å²) in [5.74, 6) is -1.81. The molecule has 2 aromatic carbocycles. The Hall–Kier alpha value is -3.79. The van der Waals surface area contributed by atoms with Crippen LogP contribution < -0.4 is 20.7 Å². The maximum Gasteiger partial charge on any atom is 0.343 e. The SMILES string of the molecule is CCNc1cccc(C(=O)Oc2c(C(=O)CC)ccc(F)c2[C@@H]2C[C@@H]2NC(=O)Nc2ccc(Br)cn2)c1. The number of aromatic nitrogens is 1. The van der Waals surface area contributed by atoms with Gasteiger partial charge in [-0.2, -0.15) is 0 Å². The van der Waals surface area contributed by atoms with Crippen LogP contribution in [0.25, 0.3) is 0 Å². The van der Waals surface area contributed by atoms with Crippen LogP contribution in [0, 0.1) is 5.82 Å². The fourth-order valence-electron chi connectivity index (χ4n) is 4.00. The molecule has 1 aromatic heterocycles. The van der Waals surface area contributed by atoms with Gasteiger partial charge in [-0.15, -0.1) is 0 Å². The van der Waals surface area contributed by atoms with Crippen molar-refractivity contribution < 1.29 is 23.5 Å². The molecule has 0 saturated heterocycles. The monoisotopic (exact) mass is 568 g/mol. The molecule has 0 aliphatic heterocycles. The van der Waals surface area contributed by atoms with Gasteiger partial charge in [0.15, 0.2) is 5.78 Å². The van der Waals surface area contributed by atoms with Crippen LogP contribution in [0.1, 0.15) is 58.9 Å². The van der Waals surface area contributed by atoms with E-state index in [1.807, 2.05) is 13.0 Å². The lowest BCUT2D eigenvalue weighted by atomic mass is 9.99. The number of anilines is 2. The molecule has 1 saturated carbocycles. The van der Waals surface area contributed by atoms with Crippen LogP contribution in [0.3, 0.4) is 0 Å². The molecule has 4 rings (SSSR count). The van der Waals surface area contributed by atoms with Gasteiger partial charge in [-0.1, -0.05) is 13.0 Å². The van der Waals surface area contributed by atoms with Crippen LogP contribution in [0.15, 0.2) is 59.2 Å². The van der Waals surface area contributed by atoms with Gasteiger partial charge in [0.05, 0.1) is 11.1 Å². The van der Waals surface area contributed by atoms with E-state index < -0.39 is 29.8 Å². The van der Waals surface area contributed by atoms with E-state index in [2.05, 4.69) is 36.9 Å². The molecule has 2 atom stereocenters. The van der Waals surface area contributed by atoms with Crippen molar-refractivity contribution in [1.29, 1.82) is 0 Å². The predicted molar refractivity (Wildman–Crippen MR) is 142 cm³/mol.